The van der Waals surface area contributed by atoms with Gasteiger partial charge in [-0.2, -0.15) is 0 Å². The van der Waals surface area contributed by atoms with E-state index >= 15 is 0 Å². The maximum Gasteiger partial charge on any atom is 0.361 e. The van der Waals surface area contributed by atoms with Gasteiger partial charge in [-0.3, -0.25) is 0 Å². The Morgan fingerprint density at radius 3 is 1.20 bits per heavy atom. The molecule has 0 aliphatic carbocycles. The molecule has 0 atom stereocenters. The summed E-state index contributed by atoms with van der Waals surface area (Å²) in [6.07, 6.45) is 0. The third kappa shape index (κ3) is 6.69. The summed E-state index contributed by atoms with van der Waals surface area (Å²) in [4.78, 5) is 0. The minimum absolute atomic E-state index is 1.67. The van der Waals surface area contributed by atoms with Crippen molar-refractivity contribution in [2.75, 3.05) is 0 Å². The Kier molecular flexibility index (Phi) is 5.03. The van der Waals surface area contributed by atoms with Gasteiger partial charge in [-0.15, -0.1) is 0 Å². The zero-order valence-corrected chi connectivity index (χ0v) is 15.2. The van der Waals surface area contributed by atoms with E-state index in [-0.39, 0.29) is 0 Å². The van der Waals surface area contributed by atoms with Gasteiger partial charge in [0.05, 0.1) is 0 Å². The fraction of sp³-hybridized carbons (Fsp3) is 1.00. The fourth-order valence-corrected chi connectivity index (χ4v) is 20.5. The molecule has 0 saturated carbocycles. The molecule has 0 saturated heterocycles. The fourth-order valence-electron chi connectivity index (χ4n) is 1.33. The second kappa shape index (κ2) is 4.84. The van der Waals surface area contributed by atoms with E-state index in [0.29, 0.717) is 0 Å². The smallest absolute Gasteiger partial charge is 0.361 e. The van der Waals surface area contributed by atoms with Crippen LogP contribution in [0.5, 0.6) is 0 Å². The number of hydrogen-bond acceptors (Lipinski definition) is 3. The van der Waals surface area contributed by atoms with Crippen molar-refractivity contribution in [2.45, 2.75) is 52.4 Å². The van der Waals surface area contributed by atoms with Gasteiger partial charge in [-0.1, -0.05) is 0 Å². The Morgan fingerprint density at radius 1 is 0.800 bits per heavy atom. The molecule has 0 amide bonds. The summed E-state index contributed by atoms with van der Waals surface area (Å²) in [6, 6.07) is 0. The first-order chi connectivity index (χ1) is 6.36. The van der Waals surface area contributed by atoms with Crippen molar-refractivity contribution in [3.8, 4) is 0 Å². The quantitative estimate of drug-likeness (QED) is 0.727. The van der Waals surface area contributed by atoms with Gasteiger partial charge in [-0.25, -0.2) is 0 Å². The summed E-state index contributed by atoms with van der Waals surface area (Å²) < 4.78 is 24.0. The van der Waals surface area contributed by atoms with Gasteiger partial charge < -0.3 is 12.7 Å². The highest BCUT2D eigenvalue weighted by Gasteiger charge is 2.45. The van der Waals surface area contributed by atoms with Gasteiger partial charge in [0.2, 0.25) is 0 Å². The van der Waals surface area contributed by atoms with Crippen molar-refractivity contribution < 1.29 is 12.7 Å². The molecule has 0 aliphatic heterocycles. The lowest BCUT2D eigenvalue weighted by molar-refractivity contribution is 0.404. The van der Waals surface area contributed by atoms with E-state index in [1.165, 1.54) is 0 Å². The molecule has 0 aromatic rings. The van der Waals surface area contributed by atoms with Crippen LogP contribution in [0.4, 0.5) is 0 Å². The van der Waals surface area contributed by atoms with E-state index in [4.69, 9.17) is 8.23 Å². The molecule has 0 aromatic heterocycles. The van der Waals surface area contributed by atoms with Crippen LogP contribution in [-0.2, 0) is 12.7 Å². The van der Waals surface area contributed by atoms with Gasteiger partial charge in [-0.05, 0) is 52.4 Å². The molecule has 0 rings (SSSR count). The Morgan fingerprint density at radius 2 is 1.07 bits per heavy atom. The minimum atomic E-state index is -2.43. The van der Waals surface area contributed by atoms with Gasteiger partial charge in [0, 0.05) is 0 Å². The van der Waals surface area contributed by atoms with Gasteiger partial charge in [0.1, 0.15) is 0 Å². The molecule has 7 heteroatoms. The first kappa shape index (κ1) is 15.6. The predicted molar refractivity (Wildman–Crippen MR) is 72.8 cm³/mol. The maximum atomic E-state index is 11.9. The lowest BCUT2D eigenvalue weighted by Crippen LogP contribution is -2.58. The van der Waals surface area contributed by atoms with E-state index in [1.54, 1.807) is 6.55 Å². The van der Waals surface area contributed by atoms with Crippen LogP contribution in [0.1, 0.15) is 0 Å². The van der Waals surface area contributed by atoms with Crippen LogP contribution in [0, 0.1) is 0 Å². The van der Waals surface area contributed by atoms with Crippen molar-refractivity contribution >= 4 is 32.9 Å². The maximum absolute atomic E-state index is 11.9. The zero-order chi connectivity index (χ0) is 12.5. The highest BCUT2D eigenvalue weighted by molar-refractivity contribution is 7.23. The molecule has 3 nitrogen and oxygen atoms in total. The standard InChI is InChI=1S/C8H24O3Si4/c1-12(9)15(8,10-13(2,3)4)11-14(5,6)7/h1-8H3. The Hall–Kier alpha value is 0.588. The summed E-state index contributed by atoms with van der Waals surface area (Å²) in [5.74, 6) is 0. The summed E-state index contributed by atoms with van der Waals surface area (Å²) in [7, 11) is -7.49. The molecular formula is C8H24O3Si4. The van der Waals surface area contributed by atoms with E-state index in [1.807, 2.05) is 6.55 Å². The van der Waals surface area contributed by atoms with Crippen LogP contribution in [0.15, 0.2) is 0 Å². The second-order valence-corrected chi connectivity index (χ2v) is 23.9. The van der Waals surface area contributed by atoms with E-state index in [0.717, 1.165) is 0 Å². The summed E-state index contributed by atoms with van der Waals surface area (Å²) in [5, 5.41) is 0. The Balaban J connectivity index is 4.85. The first-order valence-corrected chi connectivity index (χ1v) is 17.3. The lowest BCUT2D eigenvalue weighted by atomic mass is 11.8. The monoisotopic (exact) mass is 280 g/mol. The SMILES string of the molecule is C[Si](=O)[Si](C)(O[Si](C)(C)C)O[Si](C)(C)C. The second-order valence-electron chi connectivity index (χ2n) is 5.93. The number of hydrogen-bond donors (Lipinski definition) is 0. The van der Waals surface area contributed by atoms with Crippen molar-refractivity contribution in [2.24, 2.45) is 0 Å². The molecule has 90 valence electrons. The van der Waals surface area contributed by atoms with Crippen molar-refractivity contribution in [1.82, 2.24) is 0 Å². The summed E-state index contributed by atoms with van der Waals surface area (Å²) in [6.45, 7) is 16.5. The van der Waals surface area contributed by atoms with Gasteiger partial charge in [0.15, 0.2) is 16.6 Å². The predicted octanol–water partition coefficient (Wildman–Crippen LogP) is 2.89. The van der Waals surface area contributed by atoms with Crippen LogP contribution in [0.25, 0.3) is 0 Å². The van der Waals surface area contributed by atoms with Crippen molar-refractivity contribution in [1.29, 1.82) is 0 Å². The van der Waals surface area contributed by atoms with Crippen LogP contribution in [-0.4, -0.2) is 32.9 Å². The molecule has 0 bridgehead atoms. The normalized spacial score (nSPS) is 14.1. The number of rotatable bonds is 5. The van der Waals surface area contributed by atoms with Crippen molar-refractivity contribution in [3.05, 3.63) is 0 Å². The Bertz CT molecular complexity index is 225. The summed E-state index contributed by atoms with van der Waals surface area (Å²) >= 11 is 0. The third-order valence-corrected chi connectivity index (χ3v) is 16.6. The van der Waals surface area contributed by atoms with Crippen LogP contribution >= 0.6 is 0 Å². The topological polar surface area (TPSA) is 35.5 Å². The van der Waals surface area contributed by atoms with E-state index < -0.39 is 32.9 Å². The lowest BCUT2D eigenvalue weighted by Gasteiger charge is -2.36. The van der Waals surface area contributed by atoms with Crippen LogP contribution in [0.3, 0.4) is 0 Å². The molecular weight excluding hydrogens is 256 g/mol. The molecule has 0 fully saturated rings. The third-order valence-electron chi connectivity index (χ3n) is 1.64. The molecule has 0 unspecified atom stereocenters. The van der Waals surface area contributed by atoms with E-state index in [9.17, 15) is 4.46 Å². The van der Waals surface area contributed by atoms with Crippen molar-refractivity contribution in [3.63, 3.8) is 0 Å². The molecule has 0 N–H and O–H groups in total. The molecule has 0 spiro atoms. The average Bonchev–Trinajstić information content (AvgIpc) is 1.75. The van der Waals surface area contributed by atoms with E-state index in [2.05, 4.69) is 39.3 Å². The highest BCUT2D eigenvalue weighted by Crippen LogP contribution is 2.20. The zero-order valence-electron chi connectivity index (χ0n) is 11.2. The van der Waals surface area contributed by atoms with Gasteiger partial charge in [0.25, 0.3) is 0 Å². The molecule has 0 aromatic carbocycles. The van der Waals surface area contributed by atoms with Crippen LogP contribution < -0.4 is 0 Å². The first-order valence-electron chi connectivity index (χ1n) is 5.27. The Labute approximate surface area is 98.2 Å². The molecule has 15 heavy (non-hydrogen) atoms. The minimum Gasteiger partial charge on any atom is -0.435 e. The molecule has 0 aliphatic rings. The molecule has 0 radical (unpaired) electrons. The largest absolute Gasteiger partial charge is 0.435 e. The highest BCUT2D eigenvalue weighted by atomic mass is 29.2. The van der Waals surface area contributed by atoms with Crippen LogP contribution in [0.2, 0.25) is 52.4 Å². The molecule has 0 heterocycles. The summed E-state index contributed by atoms with van der Waals surface area (Å²) in [5.41, 5.74) is 0. The average molecular weight is 281 g/mol. The van der Waals surface area contributed by atoms with Gasteiger partial charge >= 0.3 is 16.3 Å².